The number of hydrogen-bond donors (Lipinski definition) is 0. The molecule has 0 saturated heterocycles. The van der Waals surface area contributed by atoms with Crippen LogP contribution in [-0.4, -0.2) is 10.7 Å². The molecule has 4 nitrogen and oxygen atoms in total. The number of nitro benzene ring substituents is 1. The molecule has 0 aliphatic heterocycles. The maximum atomic E-state index is 12.1. The van der Waals surface area contributed by atoms with Gasteiger partial charge in [-0.2, -0.15) is 0 Å². The minimum absolute atomic E-state index is 0.00934. The first-order chi connectivity index (χ1) is 9.08. The predicted molar refractivity (Wildman–Crippen MR) is 72.3 cm³/mol. The summed E-state index contributed by atoms with van der Waals surface area (Å²) < 4.78 is 0. The number of ketones is 1. The Morgan fingerprint density at radius 1 is 1.16 bits per heavy atom. The molecule has 96 valence electrons. The minimum Gasteiger partial charge on any atom is -0.294 e. The van der Waals surface area contributed by atoms with Gasteiger partial charge in [-0.25, -0.2) is 0 Å². The lowest BCUT2D eigenvalue weighted by Crippen LogP contribution is -2.05. The topological polar surface area (TPSA) is 60.2 Å². The zero-order chi connectivity index (χ0) is 13.8. The zero-order valence-electron chi connectivity index (χ0n) is 10.5. The van der Waals surface area contributed by atoms with Crippen LogP contribution in [-0.2, 0) is 6.42 Å². The lowest BCUT2D eigenvalue weighted by atomic mass is 9.99. The molecule has 0 fully saturated rings. The molecule has 0 aromatic heterocycles. The fourth-order valence-electron chi connectivity index (χ4n) is 1.95. The molecule has 4 heteroatoms. The second-order valence-corrected chi connectivity index (χ2v) is 4.34. The average Bonchev–Trinajstić information content (AvgIpc) is 2.39. The molecule has 0 N–H and O–H groups in total. The molecule has 0 aliphatic rings. The van der Waals surface area contributed by atoms with Crippen molar-refractivity contribution in [3.63, 3.8) is 0 Å². The molecule has 19 heavy (non-hydrogen) atoms. The zero-order valence-corrected chi connectivity index (χ0v) is 10.5. The highest BCUT2D eigenvalue weighted by Gasteiger charge is 2.12. The van der Waals surface area contributed by atoms with E-state index in [1.54, 1.807) is 18.2 Å². The maximum Gasteiger partial charge on any atom is 0.269 e. The van der Waals surface area contributed by atoms with E-state index in [0.29, 0.717) is 11.1 Å². The van der Waals surface area contributed by atoms with E-state index in [1.165, 1.54) is 12.1 Å². The molecule has 0 unspecified atom stereocenters. The van der Waals surface area contributed by atoms with Crippen molar-refractivity contribution < 1.29 is 9.72 Å². The van der Waals surface area contributed by atoms with Gasteiger partial charge in [0.05, 0.1) is 4.92 Å². The third-order valence-electron chi connectivity index (χ3n) is 2.93. The normalized spacial score (nSPS) is 10.2. The van der Waals surface area contributed by atoms with E-state index in [9.17, 15) is 14.9 Å². The van der Waals surface area contributed by atoms with Gasteiger partial charge in [0.1, 0.15) is 0 Å². The first-order valence-electron chi connectivity index (χ1n) is 5.90. The molecule has 0 amide bonds. The van der Waals surface area contributed by atoms with E-state index in [2.05, 4.69) is 0 Å². The third kappa shape index (κ3) is 3.04. The number of non-ortho nitro benzene ring substituents is 1. The first-order valence-corrected chi connectivity index (χ1v) is 5.90. The minimum atomic E-state index is -0.457. The van der Waals surface area contributed by atoms with Gasteiger partial charge in [0.2, 0.25) is 0 Å². The van der Waals surface area contributed by atoms with Gasteiger partial charge in [0, 0.05) is 24.1 Å². The number of rotatable bonds is 4. The lowest BCUT2D eigenvalue weighted by molar-refractivity contribution is -0.384. The first kappa shape index (κ1) is 13.0. The van der Waals surface area contributed by atoms with Crippen LogP contribution < -0.4 is 0 Å². The molecule has 2 rings (SSSR count). The molecule has 0 heterocycles. The molecule has 0 atom stereocenters. The third-order valence-corrected chi connectivity index (χ3v) is 2.93. The van der Waals surface area contributed by atoms with Crippen LogP contribution in [0.1, 0.15) is 21.5 Å². The molecular weight excluding hydrogens is 242 g/mol. The Kier molecular flexibility index (Phi) is 3.71. The van der Waals surface area contributed by atoms with E-state index in [0.717, 1.165) is 5.56 Å². The van der Waals surface area contributed by atoms with Gasteiger partial charge in [-0.05, 0) is 18.1 Å². The van der Waals surface area contributed by atoms with Gasteiger partial charge in [0.25, 0.3) is 5.69 Å². The summed E-state index contributed by atoms with van der Waals surface area (Å²) in [5, 5.41) is 10.7. The van der Waals surface area contributed by atoms with E-state index in [4.69, 9.17) is 0 Å². The molecule has 0 spiro atoms. The lowest BCUT2D eigenvalue weighted by Gasteiger charge is -2.04. The smallest absolute Gasteiger partial charge is 0.269 e. The number of hydrogen-bond acceptors (Lipinski definition) is 3. The van der Waals surface area contributed by atoms with Crippen LogP contribution in [0.25, 0.3) is 0 Å². The van der Waals surface area contributed by atoms with Gasteiger partial charge < -0.3 is 0 Å². The second-order valence-electron chi connectivity index (χ2n) is 4.34. The number of carbonyl (C=O) groups excluding carboxylic acids is 1. The maximum absolute atomic E-state index is 12.1. The average molecular weight is 255 g/mol. The monoisotopic (exact) mass is 255 g/mol. The van der Waals surface area contributed by atoms with E-state index in [-0.39, 0.29) is 17.9 Å². The van der Waals surface area contributed by atoms with Gasteiger partial charge in [0.15, 0.2) is 5.78 Å². The van der Waals surface area contributed by atoms with Crippen molar-refractivity contribution in [3.8, 4) is 0 Å². The fraction of sp³-hybridized carbons (Fsp3) is 0.133. The Morgan fingerprint density at radius 2 is 1.89 bits per heavy atom. The van der Waals surface area contributed by atoms with E-state index >= 15 is 0 Å². The quantitative estimate of drug-likeness (QED) is 0.478. The highest BCUT2D eigenvalue weighted by molar-refractivity contribution is 5.98. The fourth-order valence-corrected chi connectivity index (χ4v) is 1.95. The van der Waals surface area contributed by atoms with E-state index < -0.39 is 4.92 Å². The highest BCUT2D eigenvalue weighted by atomic mass is 16.6. The number of nitrogens with zero attached hydrogens (tertiary/aromatic N) is 1. The number of aryl methyl sites for hydroxylation is 1. The standard InChI is InChI=1S/C15H13NO3/c1-11-5-2-3-8-14(11)15(17)10-12-6-4-7-13(9-12)16(18)19/h2-9H,10H2,1H3. The number of nitro groups is 1. The molecule has 2 aromatic rings. The van der Waals surface area contributed by atoms with Crippen molar-refractivity contribution in [1.82, 2.24) is 0 Å². The van der Waals surface area contributed by atoms with Crippen molar-refractivity contribution in [1.29, 1.82) is 0 Å². The van der Waals surface area contributed by atoms with Gasteiger partial charge in [-0.1, -0.05) is 36.4 Å². The Balaban J connectivity index is 2.22. The van der Waals surface area contributed by atoms with Gasteiger partial charge >= 0.3 is 0 Å². The summed E-state index contributed by atoms with van der Waals surface area (Å²) in [6, 6.07) is 13.5. The summed E-state index contributed by atoms with van der Waals surface area (Å²) in [5.74, 6) is -0.0291. The van der Waals surface area contributed by atoms with Crippen LogP contribution in [0.15, 0.2) is 48.5 Å². The van der Waals surface area contributed by atoms with Crippen LogP contribution in [0.4, 0.5) is 5.69 Å². The molecule has 0 bridgehead atoms. The summed E-state index contributed by atoms with van der Waals surface area (Å²) >= 11 is 0. The van der Waals surface area contributed by atoms with Crippen molar-refractivity contribution in [2.75, 3.05) is 0 Å². The van der Waals surface area contributed by atoms with Crippen LogP contribution in [0, 0.1) is 17.0 Å². The van der Waals surface area contributed by atoms with Crippen LogP contribution in [0.2, 0.25) is 0 Å². The van der Waals surface area contributed by atoms with Crippen LogP contribution in [0.5, 0.6) is 0 Å². The van der Waals surface area contributed by atoms with Crippen molar-refractivity contribution in [2.45, 2.75) is 13.3 Å². The molecular formula is C15H13NO3. The van der Waals surface area contributed by atoms with Crippen molar-refractivity contribution in [3.05, 3.63) is 75.3 Å². The van der Waals surface area contributed by atoms with Crippen LogP contribution >= 0.6 is 0 Å². The molecule has 2 aromatic carbocycles. The SMILES string of the molecule is Cc1ccccc1C(=O)Cc1cccc([N+](=O)[O-])c1. The second kappa shape index (κ2) is 5.44. The largest absolute Gasteiger partial charge is 0.294 e. The van der Waals surface area contributed by atoms with Crippen molar-refractivity contribution in [2.24, 2.45) is 0 Å². The summed E-state index contributed by atoms with van der Waals surface area (Å²) in [4.78, 5) is 22.4. The number of benzene rings is 2. The molecule has 0 aliphatic carbocycles. The Labute approximate surface area is 110 Å². The summed E-state index contributed by atoms with van der Waals surface area (Å²) in [6.45, 7) is 1.88. The van der Waals surface area contributed by atoms with Gasteiger partial charge in [-0.3, -0.25) is 14.9 Å². The highest BCUT2D eigenvalue weighted by Crippen LogP contribution is 2.16. The Hall–Kier alpha value is -2.49. The Bertz CT molecular complexity index is 635. The molecule has 0 saturated carbocycles. The van der Waals surface area contributed by atoms with E-state index in [1.807, 2.05) is 25.1 Å². The summed E-state index contributed by atoms with van der Waals surface area (Å²) in [6.07, 6.45) is 0.173. The Morgan fingerprint density at radius 3 is 2.58 bits per heavy atom. The van der Waals surface area contributed by atoms with Crippen molar-refractivity contribution >= 4 is 11.5 Å². The van der Waals surface area contributed by atoms with Crippen LogP contribution in [0.3, 0.4) is 0 Å². The summed E-state index contributed by atoms with van der Waals surface area (Å²) in [7, 11) is 0. The predicted octanol–water partition coefficient (Wildman–Crippen LogP) is 3.33. The number of carbonyl (C=O) groups is 1. The summed E-state index contributed by atoms with van der Waals surface area (Å²) in [5.41, 5.74) is 2.24. The van der Waals surface area contributed by atoms with Gasteiger partial charge in [-0.15, -0.1) is 0 Å². The number of Topliss-reactive ketones (excluding diaryl/α,β-unsaturated/α-hetero) is 1. The molecule has 0 radical (unpaired) electrons.